The Hall–Kier alpha value is -1.98. The molecule has 0 spiro atoms. The molecule has 0 amide bonds. The number of hydrogen-bond acceptors (Lipinski definition) is 2. The van der Waals surface area contributed by atoms with Crippen LogP contribution < -0.4 is 5.32 Å². The van der Waals surface area contributed by atoms with Gasteiger partial charge in [0.15, 0.2) is 5.69 Å². The molecule has 1 atom stereocenters. The lowest BCUT2D eigenvalue weighted by Crippen LogP contribution is -2.30. The molecule has 1 aliphatic carbocycles. The van der Waals surface area contributed by atoms with Crippen molar-refractivity contribution >= 4 is 5.69 Å². The molecular weight excluding hydrogens is 291 g/mol. The molecule has 1 aliphatic rings. The molecule has 2 N–H and O–H groups in total. The quantitative estimate of drug-likeness (QED) is 0.876. The van der Waals surface area contributed by atoms with Crippen molar-refractivity contribution in [2.45, 2.75) is 37.8 Å². The van der Waals surface area contributed by atoms with Gasteiger partial charge in [0.25, 0.3) is 0 Å². The van der Waals surface area contributed by atoms with E-state index in [2.05, 4.69) is 15.5 Å². The van der Waals surface area contributed by atoms with Crippen LogP contribution in [0.1, 0.15) is 42.3 Å². The maximum Gasteiger partial charge on any atom is 0.435 e. The first-order valence-corrected chi connectivity index (χ1v) is 7.30. The number of anilines is 1. The van der Waals surface area contributed by atoms with E-state index in [1.165, 1.54) is 0 Å². The van der Waals surface area contributed by atoms with Gasteiger partial charge in [-0.3, -0.25) is 5.10 Å². The van der Waals surface area contributed by atoms with Crippen LogP contribution in [0.4, 0.5) is 18.9 Å². The van der Waals surface area contributed by atoms with Crippen LogP contribution in [0.2, 0.25) is 0 Å². The smallest absolute Gasteiger partial charge is 0.388 e. The molecule has 2 aromatic rings. The number of fused-ring (bicyclic) bond motifs is 1. The van der Waals surface area contributed by atoms with Crippen LogP contribution in [0.3, 0.4) is 0 Å². The van der Waals surface area contributed by atoms with Gasteiger partial charge in [0.2, 0.25) is 0 Å². The highest BCUT2D eigenvalue weighted by Gasteiger charge is 2.44. The van der Waals surface area contributed by atoms with E-state index >= 15 is 0 Å². The number of rotatable bonds is 2. The Kier molecular flexibility index (Phi) is 3.42. The molecule has 0 bridgehead atoms. The number of para-hydroxylation sites is 1. The van der Waals surface area contributed by atoms with Gasteiger partial charge in [0.05, 0.1) is 0 Å². The second-order valence-electron chi connectivity index (χ2n) is 5.90. The summed E-state index contributed by atoms with van der Waals surface area (Å²) < 4.78 is 39.3. The summed E-state index contributed by atoms with van der Waals surface area (Å²) in [5.41, 5.74) is 1.57. The van der Waals surface area contributed by atoms with Gasteiger partial charge >= 0.3 is 6.18 Å². The lowest BCUT2D eigenvalue weighted by atomic mass is 9.69. The normalized spacial score (nSPS) is 21.5. The maximum absolute atomic E-state index is 13.1. The topological polar surface area (TPSA) is 40.7 Å². The highest BCUT2D eigenvalue weighted by molar-refractivity contribution is 5.58. The number of halogens is 3. The molecule has 6 heteroatoms. The van der Waals surface area contributed by atoms with Gasteiger partial charge in [0.1, 0.15) is 0 Å². The van der Waals surface area contributed by atoms with Crippen molar-refractivity contribution in [1.29, 1.82) is 0 Å². The van der Waals surface area contributed by atoms with Crippen molar-refractivity contribution in [3.05, 3.63) is 46.8 Å². The van der Waals surface area contributed by atoms with Crippen molar-refractivity contribution in [2.75, 3.05) is 12.4 Å². The molecule has 118 valence electrons. The Balaban J connectivity index is 2.17. The molecule has 3 nitrogen and oxygen atoms in total. The average Bonchev–Trinajstić information content (AvgIpc) is 2.93. The number of hydrogen-bond donors (Lipinski definition) is 2. The van der Waals surface area contributed by atoms with Crippen LogP contribution in [0, 0.1) is 0 Å². The number of nitrogens with zero attached hydrogens (tertiary/aromatic N) is 1. The monoisotopic (exact) mass is 309 g/mol. The Morgan fingerprint density at radius 1 is 1.27 bits per heavy atom. The van der Waals surface area contributed by atoms with Gasteiger partial charge in [-0.25, -0.2) is 0 Å². The minimum atomic E-state index is -4.41. The SMILES string of the molecule is CNc1ccccc1C1(C)CCCc2c(C(F)(F)F)n[nH]c21. The van der Waals surface area contributed by atoms with Crippen LogP contribution in [-0.2, 0) is 18.0 Å². The van der Waals surface area contributed by atoms with Crippen molar-refractivity contribution in [1.82, 2.24) is 10.2 Å². The zero-order valence-electron chi connectivity index (χ0n) is 12.5. The number of benzene rings is 1. The van der Waals surface area contributed by atoms with E-state index in [-0.39, 0.29) is 0 Å². The van der Waals surface area contributed by atoms with E-state index in [4.69, 9.17) is 0 Å². The Morgan fingerprint density at radius 3 is 2.68 bits per heavy atom. The third-order valence-corrected chi connectivity index (χ3v) is 4.58. The molecule has 1 heterocycles. The van der Waals surface area contributed by atoms with E-state index in [0.717, 1.165) is 17.7 Å². The Labute approximate surface area is 126 Å². The molecule has 22 heavy (non-hydrogen) atoms. The first kappa shape index (κ1) is 14.9. The van der Waals surface area contributed by atoms with Crippen LogP contribution in [-0.4, -0.2) is 17.2 Å². The Morgan fingerprint density at radius 2 is 2.00 bits per heavy atom. The summed E-state index contributed by atoms with van der Waals surface area (Å²) in [5.74, 6) is 0. The first-order valence-electron chi connectivity index (χ1n) is 7.30. The molecular formula is C16H18F3N3. The van der Waals surface area contributed by atoms with Crippen molar-refractivity contribution in [2.24, 2.45) is 0 Å². The van der Waals surface area contributed by atoms with Crippen LogP contribution in [0.25, 0.3) is 0 Å². The molecule has 0 radical (unpaired) electrons. The number of aromatic nitrogens is 2. The highest BCUT2D eigenvalue weighted by atomic mass is 19.4. The predicted octanol–water partition coefficient (Wildman–Crippen LogP) is 4.11. The van der Waals surface area contributed by atoms with Gasteiger partial charge in [-0.1, -0.05) is 18.2 Å². The molecule has 0 aliphatic heterocycles. The zero-order chi connectivity index (χ0) is 16.0. The lowest BCUT2D eigenvalue weighted by Gasteiger charge is -2.35. The number of aromatic amines is 1. The minimum Gasteiger partial charge on any atom is -0.388 e. The Bertz CT molecular complexity index is 690. The van der Waals surface area contributed by atoms with Gasteiger partial charge in [-0.2, -0.15) is 18.3 Å². The molecule has 0 fully saturated rings. The second-order valence-corrected chi connectivity index (χ2v) is 5.90. The fourth-order valence-electron chi connectivity index (χ4n) is 3.49. The average molecular weight is 309 g/mol. The summed E-state index contributed by atoms with van der Waals surface area (Å²) in [7, 11) is 1.82. The largest absolute Gasteiger partial charge is 0.435 e. The van der Waals surface area contributed by atoms with E-state index in [1.54, 1.807) is 0 Å². The van der Waals surface area contributed by atoms with Crippen molar-refractivity contribution in [3.63, 3.8) is 0 Å². The summed E-state index contributed by atoms with van der Waals surface area (Å²) >= 11 is 0. The van der Waals surface area contributed by atoms with Crippen molar-refractivity contribution < 1.29 is 13.2 Å². The molecule has 0 saturated heterocycles. The van der Waals surface area contributed by atoms with Gasteiger partial charge in [0, 0.05) is 29.4 Å². The summed E-state index contributed by atoms with van der Waals surface area (Å²) in [6.07, 6.45) is -2.49. The summed E-state index contributed by atoms with van der Waals surface area (Å²) in [4.78, 5) is 0. The number of alkyl halides is 3. The predicted molar refractivity (Wildman–Crippen MR) is 79.0 cm³/mol. The number of H-pyrrole nitrogens is 1. The van der Waals surface area contributed by atoms with Crippen molar-refractivity contribution in [3.8, 4) is 0 Å². The third kappa shape index (κ3) is 2.17. The van der Waals surface area contributed by atoms with E-state index in [1.807, 2.05) is 38.2 Å². The first-order chi connectivity index (χ1) is 10.4. The molecule has 1 aromatic heterocycles. The molecule has 1 aromatic carbocycles. The summed E-state index contributed by atoms with van der Waals surface area (Å²) in [6, 6.07) is 7.73. The van der Waals surface area contributed by atoms with Crippen LogP contribution in [0.5, 0.6) is 0 Å². The zero-order valence-corrected chi connectivity index (χ0v) is 12.5. The van der Waals surface area contributed by atoms with E-state index in [9.17, 15) is 13.2 Å². The second kappa shape index (κ2) is 5.04. The summed E-state index contributed by atoms with van der Waals surface area (Å²) in [5, 5.41) is 9.38. The fraction of sp³-hybridized carbons (Fsp3) is 0.438. The van der Waals surface area contributed by atoms with Gasteiger partial charge in [-0.15, -0.1) is 0 Å². The standard InChI is InChI=1S/C16H18F3N3/c1-15(11-7-3-4-8-12(11)20-2)9-5-6-10-13(15)21-22-14(10)16(17,18)19/h3-4,7-8,20H,5-6,9H2,1-2H3,(H,21,22). The maximum atomic E-state index is 13.1. The van der Waals surface area contributed by atoms with Crippen LogP contribution >= 0.6 is 0 Å². The fourth-order valence-corrected chi connectivity index (χ4v) is 3.49. The lowest BCUT2D eigenvalue weighted by molar-refractivity contribution is -0.141. The van der Waals surface area contributed by atoms with Gasteiger partial charge in [-0.05, 0) is 37.8 Å². The number of nitrogens with one attached hydrogen (secondary N) is 2. The highest BCUT2D eigenvalue weighted by Crippen LogP contribution is 2.46. The third-order valence-electron chi connectivity index (χ3n) is 4.58. The summed E-state index contributed by atoms with van der Waals surface area (Å²) in [6.45, 7) is 1.99. The molecule has 1 unspecified atom stereocenters. The minimum absolute atomic E-state index is 0.312. The van der Waals surface area contributed by atoms with Crippen LogP contribution in [0.15, 0.2) is 24.3 Å². The molecule has 0 saturated carbocycles. The van der Waals surface area contributed by atoms with E-state index < -0.39 is 17.3 Å². The van der Waals surface area contributed by atoms with Gasteiger partial charge < -0.3 is 5.32 Å². The molecule has 3 rings (SSSR count). The van der Waals surface area contributed by atoms with E-state index in [0.29, 0.717) is 24.1 Å².